The second-order valence-electron chi connectivity index (χ2n) is 2.03. The lowest BCUT2D eigenvalue weighted by atomic mass is 10.1. The van der Waals surface area contributed by atoms with Gasteiger partial charge < -0.3 is 9.84 Å². The number of ether oxygens (including phenoxy) is 1. The van der Waals surface area contributed by atoms with Gasteiger partial charge in [0.1, 0.15) is 0 Å². The van der Waals surface area contributed by atoms with E-state index in [-0.39, 0.29) is 0 Å². The zero-order valence-electron chi connectivity index (χ0n) is 4.42. The van der Waals surface area contributed by atoms with Crippen molar-refractivity contribution in [3.8, 4) is 0 Å². The van der Waals surface area contributed by atoms with E-state index in [2.05, 4.69) is 0 Å². The molecule has 0 unspecified atom stereocenters. The van der Waals surface area contributed by atoms with Gasteiger partial charge >= 0.3 is 0 Å². The minimum absolute atomic E-state index is 0.347. The van der Waals surface area contributed by atoms with E-state index in [9.17, 15) is 0 Å². The molecule has 1 rings (SSSR count). The summed E-state index contributed by atoms with van der Waals surface area (Å²) < 4.78 is 4.82. The molecule has 1 aliphatic rings. The van der Waals surface area contributed by atoms with Gasteiger partial charge in [0.15, 0.2) is 6.29 Å². The maximum atomic E-state index is 8.78. The van der Waals surface area contributed by atoms with Crippen LogP contribution in [0.2, 0.25) is 0 Å². The Hall–Kier alpha value is -0.0800. The molecular formula is C5H10O2. The van der Waals surface area contributed by atoms with E-state index in [1.165, 1.54) is 0 Å². The highest BCUT2D eigenvalue weighted by Gasteiger charge is 2.20. The molecule has 2 nitrogen and oxygen atoms in total. The zero-order valence-corrected chi connectivity index (χ0v) is 4.42. The van der Waals surface area contributed by atoms with Gasteiger partial charge in [-0.05, 0) is 6.42 Å². The third kappa shape index (κ3) is 0.924. The van der Waals surface area contributed by atoms with E-state index in [1.807, 2.05) is 6.92 Å². The van der Waals surface area contributed by atoms with Crippen LogP contribution in [0.1, 0.15) is 13.3 Å². The Bertz CT molecular complexity index is 55.1. The summed E-state index contributed by atoms with van der Waals surface area (Å²) in [5.74, 6) is 0.347. The Morgan fingerprint density at radius 3 is 2.57 bits per heavy atom. The molecule has 0 bridgehead atoms. The van der Waals surface area contributed by atoms with E-state index >= 15 is 0 Å². The van der Waals surface area contributed by atoms with Crippen LogP contribution in [-0.2, 0) is 4.74 Å². The molecular weight excluding hydrogens is 92.1 g/mol. The molecule has 0 radical (unpaired) electrons. The van der Waals surface area contributed by atoms with E-state index in [4.69, 9.17) is 9.84 Å². The molecule has 1 aliphatic heterocycles. The van der Waals surface area contributed by atoms with Crippen LogP contribution >= 0.6 is 0 Å². The van der Waals surface area contributed by atoms with Crippen molar-refractivity contribution in [2.24, 2.45) is 5.92 Å². The van der Waals surface area contributed by atoms with Crippen molar-refractivity contribution >= 4 is 0 Å². The van der Waals surface area contributed by atoms with Crippen LogP contribution in [0.3, 0.4) is 0 Å². The molecule has 2 atom stereocenters. The summed E-state index contributed by atoms with van der Waals surface area (Å²) in [6, 6.07) is 0. The molecule has 0 aromatic heterocycles. The zero-order chi connectivity index (χ0) is 5.28. The van der Waals surface area contributed by atoms with Crippen molar-refractivity contribution in [1.82, 2.24) is 0 Å². The normalized spacial score (nSPS) is 42.0. The average Bonchev–Trinajstić information content (AvgIpc) is 1.91. The van der Waals surface area contributed by atoms with Crippen LogP contribution in [0.15, 0.2) is 0 Å². The molecule has 1 N–H and O–H groups in total. The maximum absolute atomic E-state index is 8.78. The van der Waals surface area contributed by atoms with Gasteiger partial charge in [0.25, 0.3) is 0 Å². The predicted molar refractivity (Wildman–Crippen MR) is 25.7 cm³/mol. The second kappa shape index (κ2) is 1.80. The Morgan fingerprint density at radius 2 is 2.43 bits per heavy atom. The topological polar surface area (TPSA) is 29.5 Å². The molecule has 0 aromatic rings. The van der Waals surface area contributed by atoms with Gasteiger partial charge in [0, 0.05) is 5.92 Å². The third-order valence-corrected chi connectivity index (χ3v) is 1.35. The van der Waals surface area contributed by atoms with Crippen LogP contribution in [0, 0.1) is 5.92 Å². The Morgan fingerprint density at radius 1 is 1.71 bits per heavy atom. The monoisotopic (exact) mass is 102 g/mol. The first-order chi connectivity index (χ1) is 3.30. The fourth-order valence-corrected chi connectivity index (χ4v) is 0.682. The highest BCUT2D eigenvalue weighted by atomic mass is 16.6. The van der Waals surface area contributed by atoms with E-state index in [0.717, 1.165) is 13.0 Å². The molecule has 2 heteroatoms. The number of aliphatic hydroxyl groups is 1. The molecule has 7 heavy (non-hydrogen) atoms. The van der Waals surface area contributed by atoms with E-state index in [0.29, 0.717) is 5.92 Å². The molecule has 0 aromatic carbocycles. The number of hydrogen-bond donors (Lipinski definition) is 1. The molecule has 1 saturated heterocycles. The van der Waals surface area contributed by atoms with Crippen LogP contribution in [0.5, 0.6) is 0 Å². The first-order valence-electron chi connectivity index (χ1n) is 2.60. The fraction of sp³-hybridized carbons (Fsp3) is 1.00. The first-order valence-corrected chi connectivity index (χ1v) is 2.60. The summed E-state index contributed by atoms with van der Waals surface area (Å²) in [6.45, 7) is 2.71. The van der Waals surface area contributed by atoms with Crippen molar-refractivity contribution in [3.63, 3.8) is 0 Å². The highest BCUT2D eigenvalue weighted by molar-refractivity contribution is 4.61. The standard InChI is InChI=1S/C5H10O2/c1-4-2-3-7-5(4)6/h4-6H,2-3H2,1H3/t4-,5+/m0/s1. The van der Waals surface area contributed by atoms with Crippen LogP contribution in [0.4, 0.5) is 0 Å². The molecule has 0 aliphatic carbocycles. The van der Waals surface area contributed by atoms with Gasteiger partial charge in [-0.1, -0.05) is 6.92 Å². The summed E-state index contributed by atoms with van der Waals surface area (Å²) >= 11 is 0. The van der Waals surface area contributed by atoms with Gasteiger partial charge in [-0.15, -0.1) is 0 Å². The highest BCUT2D eigenvalue weighted by Crippen LogP contribution is 2.16. The SMILES string of the molecule is C[C@H]1CCO[C@H]1O. The minimum Gasteiger partial charge on any atom is -0.368 e. The minimum atomic E-state index is -0.486. The molecule has 42 valence electrons. The fourth-order valence-electron chi connectivity index (χ4n) is 0.682. The molecule has 0 amide bonds. The lowest BCUT2D eigenvalue weighted by molar-refractivity contribution is -0.0786. The lowest BCUT2D eigenvalue weighted by Gasteiger charge is -2.03. The van der Waals surface area contributed by atoms with Crippen LogP contribution in [0.25, 0.3) is 0 Å². The van der Waals surface area contributed by atoms with Crippen molar-refractivity contribution in [1.29, 1.82) is 0 Å². The van der Waals surface area contributed by atoms with Crippen molar-refractivity contribution in [2.75, 3.05) is 6.61 Å². The third-order valence-electron chi connectivity index (χ3n) is 1.35. The van der Waals surface area contributed by atoms with Crippen molar-refractivity contribution < 1.29 is 9.84 Å². The summed E-state index contributed by atoms with van der Waals surface area (Å²) in [5.41, 5.74) is 0. The maximum Gasteiger partial charge on any atom is 0.157 e. The van der Waals surface area contributed by atoms with E-state index < -0.39 is 6.29 Å². The largest absolute Gasteiger partial charge is 0.368 e. The van der Waals surface area contributed by atoms with E-state index in [1.54, 1.807) is 0 Å². The summed E-state index contributed by atoms with van der Waals surface area (Å²) in [4.78, 5) is 0. The molecule has 0 spiro atoms. The average molecular weight is 102 g/mol. The van der Waals surface area contributed by atoms with Crippen molar-refractivity contribution in [3.05, 3.63) is 0 Å². The number of hydrogen-bond acceptors (Lipinski definition) is 2. The van der Waals surface area contributed by atoms with Crippen LogP contribution < -0.4 is 0 Å². The van der Waals surface area contributed by atoms with Gasteiger partial charge in [0.2, 0.25) is 0 Å². The summed E-state index contributed by atoms with van der Waals surface area (Å²) in [6.07, 6.45) is 0.515. The molecule has 1 heterocycles. The smallest absolute Gasteiger partial charge is 0.157 e. The van der Waals surface area contributed by atoms with Gasteiger partial charge in [-0.2, -0.15) is 0 Å². The lowest BCUT2D eigenvalue weighted by Crippen LogP contribution is -2.10. The first kappa shape index (κ1) is 5.06. The Labute approximate surface area is 43.1 Å². The summed E-state index contributed by atoms with van der Waals surface area (Å²) in [7, 11) is 0. The predicted octanol–water partition coefficient (Wildman–Crippen LogP) is 0.361. The Balaban J connectivity index is 2.33. The molecule has 0 saturated carbocycles. The summed E-state index contributed by atoms with van der Waals surface area (Å²) in [5, 5.41) is 8.78. The van der Waals surface area contributed by atoms with Gasteiger partial charge in [-0.3, -0.25) is 0 Å². The Kier molecular flexibility index (Phi) is 1.30. The molecule has 1 fully saturated rings. The van der Waals surface area contributed by atoms with Crippen molar-refractivity contribution in [2.45, 2.75) is 19.6 Å². The second-order valence-corrected chi connectivity index (χ2v) is 2.03. The number of rotatable bonds is 0. The van der Waals surface area contributed by atoms with Crippen LogP contribution in [-0.4, -0.2) is 18.0 Å². The number of aliphatic hydroxyl groups excluding tert-OH is 1. The van der Waals surface area contributed by atoms with Gasteiger partial charge in [0.05, 0.1) is 6.61 Å². The quantitative estimate of drug-likeness (QED) is 0.478. The van der Waals surface area contributed by atoms with Gasteiger partial charge in [-0.25, -0.2) is 0 Å².